The van der Waals surface area contributed by atoms with Gasteiger partial charge < -0.3 is 5.11 Å². The van der Waals surface area contributed by atoms with E-state index in [2.05, 4.69) is 58.7 Å². The van der Waals surface area contributed by atoms with E-state index in [4.69, 9.17) is 0 Å². The molecule has 0 radical (unpaired) electrons. The predicted molar refractivity (Wildman–Crippen MR) is 71.2 cm³/mol. The van der Waals surface area contributed by atoms with Gasteiger partial charge in [0, 0.05) is 8.35 Å². The van der Waals surface area contributed by atoms with Crippen LogP contribution in [0.2, 0.25) is 0 Å². The molecule has 72 valence electrons. The molecule has 0 saturated heterocycles. The Morgan fingerprint density at radius 1 is 1.50 bits per heavy atom. The lowest BCUT2D eigenvalue weighted by Gasteiger charge is -2.25. The van der Waals surface area contributed by atoms with Crippen LogP contribution < -0.4 is 0 Å². The summed E-state index contributed by atoms with van der Waals surface area (Å²) in [5.74, 6) is 0.538. The summed E-state index contributed by atoms with van der Waals surface area (Å²) in [7, 11) is 0. The third-order valence-corrected chi connectivity index (χ3v) is 6.38. The highest BCUT2D eigenvalue weighted by atomic mass is 127. The van der Waals surface area contributed by atoms with Crippen LogP contribution in [0, 0.1) is 11.8 Å². The third kappa shape index (κ3) is 3.91. The molecule has 0 aromatic carbocycles. The van der Waals surface area contributed by atoms with Crippen molar-refractivity contribution in [3.8, 4) is 0 Å². The van der Waals surface area contributed by atoms with Crippen LogP contribution in [0.1, 0.15) is 13.8 Å². The number of halogens is 2. The van der Waals surface area contributed by atoms with Gasteiger partial charge in [-0.05, 0) is 11.8 Å². The summed E-state index contributed by atoms with van der Waals surface area (Å²) in [6, 6.07) is 0. The van der Waals surface area contributed by atoms with Gasteiger partial charge in [-0.25, -0.2) is 0 Å². The molecule has 0 aromatic rings. The van der Waals surface area contributed by atoms with Crippen LogP contribution in [0.5, 0.6) is 0 Å². The number of aliphatic hydroxyl groups is 1. The standard InChI is InChI=1S/C9H16I2O/c1-4-6(2)9(12)7(3)8(11)5-10/h4,6-9,12H,1,5H2,2-3H3. The lowest BCUT2D eigenvalue weighted by molar-refractivity contribution is 0.0864. The van der Waals surface area contributed by atoms with Crippen molar-refractivity contribution in [2.24, 2.45) is 11.8 Å². The van der Waals surface area contributed by atoms with Gasteiger partial charge in [-0.3, -0.25) is 0 Å². The summed E-state index contributed by atoms with van der Waals surface area (Å²) in [5.41, 5.74) is 0. The van der Waals surface area contributed by atoms with Crippen molar-refractivity contribution in [3.05, 3.63) is 12.7 Å². The molecular weight excluding hydrogens is 378 g/mol. The molecule has 4 unspecified atom stereocenters. The average Bonchev–Trinajstić information content (AvgIpc) is 2.12. The zero-order valence-corrected chi connectivity index (χ0v) is 11.8. The number of aliphatic hydroxyl groups excluding tert-OH is 1. The number of hydrogen-bond donors (Lipinski definition) is 1. The smallest absolute Gasteiger partial charge is 0.0635 e. The quantitative estimate of drug-likeness (QED) is 0.432. The highest BCUT2D eigenvalue weighted by Crippen LogP contribution is 2.23. The van der Waals surface area contributed by atoms with Gasteiger partial charge in [-0.2, -0.15) is 0 Å². The SMILES string of the molecule is C=CC(C)C(O)C(C)C(I)CI. The van der Waals surface area contributed by atoms with Crippen LogP contribution in [0.4, 0.5) is 0 Å². The fourth-order valence-corrected chi connectivity index (χ4v) is 2.20. The van der Waals surface area contributed by atoms with E-state index in [0.717, 1.165) is 4.43 Å². The molecule has 0 aromatic heterocycles. The summed E-state index contributed by atoms with van der Waals surface area (Å²) in [4.78, 5) is 0. The van der Waals surface area contributed by atoms with E-state index in [0.29, 0.717) is 9.84 Å². The predicted octanol–water partition coefficient (Wildman–Crippen LogP) is 3.04. The largest absolute Gasteiger partial charge is 0.392 e. The average molecular weight is 394 g/mol. The molecule has 0 bridgehead atoms. The first kappa shape index (κ1) is 13.2. The van der Waals surface area contributed by atoms with Crippen LogP contribution in [-0.4, -0.2) is 19.6 Å². The highest BCUT2D eigenvalue weighted by molar-refractivity contribution is 14.1. The molecule has 0 aliphatic heterocycles. The molecule has 3 heteroatoms. The van der Waals surface area contributed by atoms with E-state index in [1.165, 1.54) is 0 Å². The van der Waals surface area contributed by atoms with Gasteiger partial charge in [0.05, 0.1) is 6.10 Å². The van der Waals surface area contributed by atoms with Crippen LogP contribution >= 0.6 is 45.2 Å². The maximum atomic E-state index is 9.81. The second kappa shape index (κ2) is 6.59. The molecule has 0 rings (SSSR count). The Hall–Kier alpha value is 1.16. The molecule has 1 nitrogen and oxygen atoms in total. The molecule has 0 fully saturated rings. The summed E-state index contributed by atoms with van der Waals surface area (Å²) < 4.78 is 1.63. The molecule has 0 saturated carbocycles. The fraction of sp³-hybridized carbons (Fsp3) is 0.778. The fourth-order valence-electron chi connectivity index (χ4n) is 0.973. The Labute approximate surface area is 102 Å². The number of hydrogen-bond acceptors (Lipinski definition) is 1. The normalized spacial score (nSPS) is 21.1. The molecule has 0 amide bonds. The van der Waals surface area contributed by atoms with Gasteiger partial charge in [0.1, 0.15) is 0 Å². The molecule has 0 aliphatic rings. The van der Waals surface area contributed by atoms with Gasteiger partial charge in [0.15, 0.2) is 0 Å². The van der Waals surface area contributed by atoms with Crippen molar-refractivity contribution in [2.75, 3.05) is 4.43 Å². The zero-order chi connectivity index (χ0) is 9.72. The second-order valence-corrected chi connectivity index (χ2v) is 5.60. The minimum atomic E-state index is -0.251. The molecule has 0 heterocycles. The zero-order valence-electron chi connectivity index (χ0n) is 7.50. The monoisotopic (exact) mass is 394 g/mol. The molecule has 1 N–H and O–H groups in total. The minimum Gasteiger partial charge on any atom is -0.392 e. The summed E-state index contributed by atoms with van der Waals surface area (Å²) >= 11 is 4.75. The Kier molecular flexibility index (Phi) is 7.23. The number of alkyl halides is 2. The second-order valence-electron chi connectivity index (χ2n) is 3.11. The highest BCUT2D eigenvalue weighted by Gasteiger charge is 2.24. The number of rotatable bonds is 5. The van der Waals surface area contributed by atoms with Crippen molar-refractivity contribution < 1.29 is 5.11 Å². The van der Waals surface area contributed by atoms with Gasteiger partial charge >= 0.3 is 0 Å². The Morgan fingerprint density at radius 2 is 2.00 bits per heavy atom. The lowest BCUT2D eigenvalue weighted by atomic mass is 9.92. The van der Waals surface area contributed by atoms with Gasteiger partial charge in [0.25, 0.3) is 0 Å². The Bertz CT molecular complexity index is 138. The van der Waals surface area contributed by atoms with E-state index >= 15 is 0 Å². The van der Waals surface area contributed by atoms with Gasteiger partial charge in [0.2, 0.25) is 0 Å². The van der Waals surface area contributed by atoms with E-state index in [9.17, 15) is 5.11 Å². The van der Waals surface area contributed by atoms with Crippen molar-refractivity contribution in [1.82, 2.24) is 0 Å². The summed E-state index contributed by atoms with van der Waals surface area (Å²) in [5, 5.41) is 9.81. The lowest BCUT2D eigenvalue weighted by Crippen LogP contribution is -2.31. The molecule has 0 spiro atoms. The minimum absolute atomic E-state index is 0.195. The van der Waals surface area contributed by atoms with E-state index in [1.807, 2.05) is 13.0 Å². The van der Waals surface area contributed by atoms with Crippen molar-refractivity contribution in [2.45, 2.75) is 23.9 Å². The first-order valence-electron chi connectivity index (χ1n) is 4.05. The maximum Gasteiger partial charge on any atom is 0.0635 e. The van der Waals surface area contributed by atoms with Crippen LogP contribution in [0.15, 0.2) is 12.7 Å². The van der Waals surface area contributed by atoms with E-state index < -0.39 is 0 Å². The molecular formula is C9H16I2O. The van der Waals surface area contributed by atoms with Crippen LogP contribution in [-0.2, 0) is 0 Å². The maximum absolute atomic E-state index is 9.81. The van der Waals surface area contributed by atoms with Crippen LogP contribution in [0.3, 0.4) is 0 Å². The van der Waals surface area contributed by atoms with Crippen molar-refractivity contribution in [1.29, 1.82) is 0 Å². The summed E-state index contributed by atoms with van der Waals surface area (Å²) in [6.07, 6.45) is 1.57. The van der Waals surface area contributed by atoms with Crippen molar-refractivity contribution in [3.63, 3.8) is 0 Å². The van der Waals surface area contributed by atoms with Gasteiger partial charge in [-0.1, -0.05) is 65.1 Å². The first-order chi connectivity index (χ1) is 5.54. The first-order valence-corrected chi connectivity index (χ1v) is 6.82. The topological polar surface area (TPSA) is 20.2 Å². The molecule has 0 aliphatic carbocycles. The van der Waals surface area contributed by atoms with Crippen LogP contribution in [0.25, 0.3) is 0 Å². The Morgan fingerprint density at radius 3 is 2.33 bits per heavy atom. The Balaban J connectivity index is 4.07. The third-order valence-electron chi connectivity index (χ3n) is 2.17. The summed E-state index contributed by atoms with van der Waals surface area (Å²) in [6.45, 7) is 7.79. The van der Waals surface area contributed by atoms with Gasteiger partial charge in [-0.15, -0.1) is 6.58 Å². The van der Waals surface area contributed by atoms with Crippen molar-refractivity contribution >= 4 is 45.2 Å². The molecule has 12 heavy (non-hydrogen) atoms. The molecule has 4 atom stereocenters. The van der Waals surface area contributed by atoms with E-state index in [1.54, 1.807) is 0 Å². The van der Waals surface area contributed by atoms with E-state index in [-0.39, 0.29) is 12.0 Å².